The maximum Gasteiger partial charge on any atom is 0.176 e. The fourth-order valence-electron chi connectivity index (χ4n) is 1.55. The molecule has 0 unspecified atom stereocenters. The predicted molar refractivity (Wildman–Crippen MR) is 60.7 cm³/mol. The van der Waals surface area contributed by atoms with E-state index in [-0.39, 0.29) is 11.4 Å². The van der Waals surface area contributed by atoms with Gasteiger partial charge in [0.2, 0.25) is 0 Å². The van der Waals surface area contributed by atoms with Crippen LogP contribution in [0.15, 0.2) is 30.5 Å². The molecular formula is C13H9FN2O. The molecule has 0 amide bonds. The molecular weight excluding hydrogens is 219 g/mol. The summed E-state index contributed by atoms with van der Waals surface area (Å²) in [6, 6.07) is 7.93. The lowest BCUT2D eigenvalue weighted by Gasteiger charge is -2.05. The van der Waals surface area contributed by atoms with E-state index < -0.39 is 5.82 Å². The molecule has 2 rings (SSSR count). The Labute approximate surface area is 97.8 Å². The van der Waals surface area contributed by atoms with Crippen molar-refractivity contribution >= 4 is 0 Å². The first kappa shape index (κ1) is 11.1. The summed E-state index contributed by atoms with van der Waals surface area (Å²) < 4.78 is 13.4. The molecule has 17 heavy (non-hydrogen) atoms. The van der Waals surface area contributed by atoms with Gasteiger partial charge in [0, 0.05) is 17.3 Å². The fourth-order valence-corrected chi connectivity index (χ4v) is 1.55. The molecule has 0 atom stereocenters. The number of phenols is 1. The topological polar surface area (TPSA) is 56.9 Å². The molecule has 2 aromatic rings. The van der Waals surface area contributed by atoms with Gasteiger partial charge in [0.1, 0.15) is 11.8 Å². The molecule has 1 N–H and O–H groups in total. The second kappa shape index (κ2) is 4.22. The number of nitriles is 1. The van der Waals surface area contributed by atoms with Gasteiger partial charge in [-0.3, -0.25) is 0 Å². The molecule has 1 aromatic carbocycles. The average molecular weight is 228 g/mol. The summed E-state index contributed by atoms with van der Waals surface area (Å²) in [5.41, 5.74) is 1.60. The molecule has 3 nitrogen and oxygen atoms in total. The summed E-state index contributed by atoms with van der Waals surface area (Å²) >= 11 is 0. The third-order valence-electron chi connectivity index (χ3n) is 2.41. The van der Waals surface area contributed by atoms with Crippen molar-refractivity contribution in [2.24, 2.45) is 0 Å². The summed E-state index contributed by atoms with van der Waals surface area (Å²) in [4.78, 5) is 3.69. The number of aromatic nitrogens is 1. The van der Waals surface area contributed by atoms with Crippen molar-refractivity contribution in [3.8, 4) is 22.9 Å². The Hall–Kier alpha value is -2.41. The molecule has 0 fully saturated rings. The minimum atomic E-state index is -0.690. The zero-order chi connectivity index (χ0) is 12.4. The van der Waals surface area contributed by atoms with E-state index in [1.165, 1.54) is 12.3 Å². The van der Waals surface area contributed by atoms with E-state index in [1.807, 2.05) is 13.0 Å². The van der Waals surface area contributed by atoms with Crippen LogP contribution < -0.4 is 0 Å². The molecule has 1 heterocycles. The van der Waals surface area contributed by atoms with Crippen LogP contribution in [0.4, 0.5) is 4.39 Å². The van der Waals surface area contributed by atoms with E-state index in [0.29, 0.717) is 11.1 Å². The molecule has 0 radical (unpaired) electrons. The number of hydrogen-bond donors (Lipinski definition) is 1. The predicted octanol–water partition coefficient (Wildman–Crippen LogP) is 2.77. The molecule has 84 valence electrons. The number of phenolic OH excluding ortho intramolecular Hbond substituents is 1. The van der Waals surface area contributed by atoms with Gasteiger partial charge in [0.05, 0.1) is 0 Å². The quantitative estimate of drug-likeness (QED) is 0.816. The van der Waals surface area contributed by atoms with Crippen molar-refractivity contribution in [3.63, 3.8) is 0 Å². The summed E-state index contributed by atoms with van der Waals surface area (Å²) in [6.45, 7) is 1.85. The minimum absolute atomic E-state index is 0.0657. The van der Waals surface area contributed by atoms with Crippen LogP contribution in [0.1, 0.15) is 11.3 Å². The first-order valence-corrected chi connectivity index (χ1v) is 4.97. The van der Waals surface area contributed by atoms with Crippen molar-refractivity contribution in [3.05, 3.63) is 47.5 Å². The monoisotopic (exact) mass is 228 g/mol. The standard InChI is InChI=1S/C13H9FN2O/c1-8-2-3-10(13(17)4-8)9-5-11(14)12(6-15)16-7-9/h2-5,7,17H,1H3. The summed E-state index contributed by atoms with van der Waals surface area (Å²) in [7, 11) is 0. The number of pyridine rings is 1. The molecule has 0 aliphatic carbocycles. The first-order chi connectivity index (χ1) is 8.11. The highest BCUT2D eigenvalue weighted by molar-refractivity contribution is 5.70. The average Bonchev–Trinajstić information content (AvgIpc) is 2.29. The molecule has 0 aliphatic rings. The highest BCUT2D eigenvalue weighted by atomic mass is 19.1. The Kier molecular flexibility index (Phi) is 2.75. The molecule has 0 saturated heterocycles. The van der Waals surface area contributed by atoms with Gasteiger partial charge in [-0.25, -0.2) is 9.37 Å². The van der Waals surface area contributed by atoms with Gasteiger partial charge < -0.3 is 5.11 Å². The maximum absolute atomic E-state index is 13.4. The van der Waals surface area contributed by atoms with Gasteiger partial charge in [0.25, 0.3) is 0 Å². The van der Waals surface area contributed by atoms with Crippen molar-refractivity contribution < 1.29 is 9.50 Å². The zero-order valence-electron chi connectivity index (χ0n) is 9.11. The van der Waals surface area contributed by atoms with Gasteiger partial charge in [-0.15, -0.1) is 0 Å². The van der Waals surface area contributed by atoms with Crippen LogP contribution in [0.25, 0.3) is 11.1 Å². The van der Waals surface area contributed by atoms with Crippen LogP contribution in [0, 0.1) is 24.1 Å². The van der Waals surface area contributed by atoms with E-state index in [0.717, 1.165) is 5.56 Å². The third kappa shape index (κ3) is 2.08. The summed E-state index contributed by atoms with van der Waals surface area (Å²) in [5.74, 6) is -0.624. The Morgan fingerprint density at radius 1 is 1.35 bits per heavy atom. The summed E-state index contributed by atoms with van der Waals surface area (Å²) in [6.07, 6.45) is 1.37. The van der Waals surface area contributed by atoms with E-state index in [9.17, 15) is 9.50 Å². The largest absolute Gasteiger partial charge is 0.507 e. The van der Waals surface area contributed by atoms with Crippen molar-refractivity contribution in [1.82, 2.24) is 4.98 Å². The second-order valence-electron chi connectivity index (χ2n) is 3.69. The number of halogens is 1. The number of aryl methyl sites for hydroxylation is 1. The Bertz CT molecular complexity index is 617. The number of aromatic hydroxyl groups is 1. The third-order valence-corrected chi connectivity index (χ3v) is 2.41. The molecule has 4 heteroatoms. The first-order valence-electron chi connectivity index (χ1n) is 4.97. The fraction of sp³-hybridized carbons (Fsp3) is 0.0769. The molecule has 1 aromatic heterocycles. The Morgan fingerprint density at radius 3 is 2.71 bits per heavy atom. The molecule has 0 spiro atoms. The lowest BCUT2D eigenvalue weighted by molar-refractivity contribution is 0.477. The SMILES string of the molecule is Cc1ccc(-c2cnc(C#N)c(F)c2)c(O)c1. The van der Waals surface area contributed by atoms with Crippen LogP contribution in [-0.2, 0) is 0 Å². The highest BCUT2D eigenvalue weighted by Crippen LogP contribution is 2.29. The van der Waals surface area contributed by atoms with Crippen LogP contribution in [-0.4, -0.2) is 10.1 Å². The highest BCUT2D eigenvalue weighted by Gasteiger charge is 2.09. The summed E-state index contributed by atoms with van der Waals surface area (Å²) in [5, 5.41) is 18.3. The minimum Gasteiger partial charge on any atom is -0.507 e. The Balaban J connectivity index is 2.54. The zero-order valence-corrected chi connectivity index (χ0v) is 9.11. The lowest BCUT2D eigenvalue weighted by Crippen LogP contribution is -1.90. The van der Waals surface area contributed by atoms with Crippen LogP contribution in [0.5, 0.6) is 5.75 Å². The van der Waals surface area contributed by atoms with Crippen molar-refractivity contribution in [1.29, 1.82) is 5.26 Å². The van der Waals surface area contributed by atoms with E-state index >= 15 is 0 Å². The number of benzene rings is 1. The van der Waals surface area contributed by atoms with Crippen LogP contribution in [0.2, 0.25) is 0 Å². The van der Waals surface area contributed by atoms with Crippen molar-refractivity contribution in [2.75, 3.05) is 0 Å². The van der Waals surface area contributed by atoms with Gasteiger partial charge in [-0.2, -0.15) is 5.26 Å². The van der Waals surface area contributed by atoms with E-state index in [4.69, 9.17) is 5.26 Å². The molecule has 0 aliphatic heterocycles. The van der Waals surface area contributed by atoms with E-state index in [1.54, 1.807) is 18.2 Å². The van der Waals surface area contributed by atoms with Crippen LogP contribution in [0.3, 0.4) is 0 Å². The normalized spacial score (nSPS) is 9.94. The maximum atomic E-state index is 13.4. The van der Waals surface area contributed by atoms with Gasteiger partial charge >= 0.3 is 0 Å². The molecule has 0 bridgehead atoms. The smallest absolute Gasteiger partial charge is 0.176 e. The second-order valence-corrected chi connectivity index (χ2v) is 3.69. The number of hydrogen-bond acceptors (Lipinski definition) is 3. The van der Waals surface area contributed by atoms with Gasteiger partial charge in [0.15, 0.2) is 11.5 Å². The van der Waals surface area contributed by atoms with Gasteiger partial charge in [-0.1, -0.05) is 12.1 Å². The number of nitrogens with zero attached hydrogens (tertiary/aromatic N) is 2. The van der Waals surface area contributed by atoms with Gasteiger partial charge in [-0.05, 0) is 24.6 Å². The van der Waals surface area contributed by atoms with Crippen LogP contribution >= 0.6 is 0 Å². The number of rotatable bonds is 1. The lowest BCUT2D eigenvalue weighted by atomic mass is 10.0. The van der Waals surface area contributed by atoms with E-state index in [2.05, 4.69) is 4.98 Å². The Morgan fingerprint density at radius 2 is 2.12 bits per heavy atom. The van der Waals surface area contributed by atoms with Crippen molar-refractivity contribution in [2.45, 2.75) is 6.92 Å². The molecule has 0 saturated carbocycles.